The number of primary amides is 1. The summed E-state index contributed by atoms with van der Waals surface area (Å²) in [5.41, 5.74) is 12.6. The van der Waals surface area contributed by atoms with Crippen LogP contribution in [-0.2, 0) is 16.8 Å². The molecule has 3 aromatic carbocycles. The van der Waals surface area contributed by atoms with E-state index in [0.29, 0.717) is 22.9 Å². The second-order valence-electron chi connectivity index (χ2n) is 11.5. The van der Waals surface area contributed by atoms with Crippen molar-refractivity contribution >= 4 is 34.3 Å². The molecule has 3 N–H and O–H groups in total. The lowest BCUT2D eigenvalue weighted by Gasteiger charge is -2.21. The first-order valence-corrected chi connectivity index (χ1v) is 13.9. The van der Waals surface area contributed by atoms with Crippen LogP contribution < -0.4 is 15.8 Å². The summed E-state index contributed by atoms with van der Waals surface area (Å²) in [6.45, 7) is 14.9. The van der Waals surface area contributed by atoms with E-state index in [1.807, 2.05) is 37.3 Å². The molecule has 0 aliphatic carbocycles. The van der Waals surface area contributed by atoms with Gasteiger partial charge in [0.2, 0.25) is 0 Å². The molecule has 0 saturated carbocycles. The molecule has 0 bridgehead atoms. The lowest BCUT2D eigenvalue weighted by molar-refractivity contribution is -0.123. The van der Waals surface area contributed by atoms with E-state index < -0.39 is 12.0 Å². The molecule has 2 amide bonds. The van der Waals surface area contributed by atoms with Gasteiger partial charge in [-0.1, -0.05) is 62.7 Å². The number of amides is 2. The van der Waals surface area contributed by atoms with Crippen molar-refractivity contribution in [2.24, 2.45) is 5.73 Å². The molecule has 4 rings (SSSR count). The summed E-state index contributed by atoms with van der Waals surface area (Å²) in [6.07, 6.45) is -0.792. The Hall–Kier alpha value is -3.77. The second kappa shape index (κ2) is 11.4. The number of benzene rings is 3. The van der Waals surface area contributed by atoms with Crippen LogP contribution in [0.2, 0.25) is 5.02 Å². The Labute approximate surface area is 241 Å². The molecular weight excluding hydrogens is 522 g/mol. The highest BCUT2D eigenvalue weighted by Crippen LogP contribution is 2.31. The summed E-state index contributed by atoms with van der Waals surface area (Å²) < 4.78 is 7.88. The molecular formula is C33H38ClN3O3. The minimum absolute atomic E-state index is 0.0833. The fourth-order valence-electron chi connectivity index (χ4n) is 4.80. The third-order valence-electron chi connectivity index (χ3n) is 7.57. The van der Waals surface area contributed by atoms with Gasteiger partial charge in [-0.15, -0.1) is 0 Å². The molecule has 0 radical (unpaired) electrons. The smallest absolute Gasteiger partial charge is 0.258 e. The summed E-state index contributed by atoms with van der Waals surface area (Å²) in [4.78, 5) is 24.7. The molecule has 7 heteroatoms. The monoisotopic (exact) mass is 559 g/mol. The van der Waals surface area contributed by atoms with Crippen molar-refractivity contribution in [2.75, 3.05) is 0 Å². The molecule has 0 fully saturated rings. The Morgan fingerprint density at radius 2 is 1.68 bits per heavy atom. The number of nitrogens with two attached hydrogens (primary N) is 1. The fourth-order valence-corrected chi connectivity index (χ4v) is 4.96. The number of hydrogen-bond acceptors (Lipinski definition) is 3. The van der Waals surface area contributed by atoms with Gasteiger partial charge < -0.3 is 20.4 Å². The lowest BCUT2D eigenvalue weighted by atomic mass is 9.86. The van der Waals surface area contributed by atoms with Gasteiger partial charge in [0.05, 0.1) is 11.1 Å². The zero-order valence-corrected chi connectivity index (χ0v) is 25.0. The molecule has 0 saturated heterocycles. The number of aromatic nitrogens is 1. The van der Waals surface area contributed by atoms with Crippen LogP contribution in [0.25, 0.3) is 10.9 Å². The Morgan fingerprint density at radius 3 is 2.30 bits per heavy atom. The lowest BCUT2D eigenvalue weighted by Crippen LogP contribution is -2.30. The number of hydrogen-bond donors (Lipinski definition) is 2. The molecule has 6 nitrogen and oxygen atoms in total. The van der Waals surface area contributed by atoms with E-state index in [0.717, 1.165) is 33.3 Å². The average molecular weight is 560 g/mol. The molecule has 4 aromatic rings. The van der Waals surface area contributed by atoms with E-state index in [9.17, 15) is 9.59 Å². The van der Waals surface area contributed by atoms with Gasteiger partial charge in [-0.25, -0.2) is 0 Å². The Balaban J connectivity index is 1.56. The molecule has 1 heterocycles. The van der Waals surface area contributed by atoms with E-state index in [1.165, 1.54) is 5.56 Å². The van der Waals surface area contributed by atoms with Crippen molar-refractivity contribution in [2.45, 2.75) is 72.6 Å². The zero-order chi connectivity index (χ0) is 29.4. The Kier molecular flexibility index (Phi) is 8.31. The summed E-state index contributed by atoms with van der Waals surface area (Å²) in [5, 5.41) is 4.59. The van der Waals surface area contributed by atoms with Crippen LogP contribution in [0.3, 0.4) is 0 Å². The molecule has 0 spiro atoms. The van der Waals surface area contributed by atoms with Crippen molar-refractivity contribution < 1.29 is 14.3 Å². The first-order valence-electron chi connectivity index (χ1n) is 13.5. The first kappa shape index (κ1) is 29.2. The van der Waals surface area contributed by atoms with Gasteiger partial charge in [0.15, 0.2) is 6.10 Å². The second-order valence-corrected chi connectivity index (χ2v) is 11.9. The van der Waals surface area contributed by atoms with Gasteiger partial charge in [-0.2, -0.15) is 0 Å². The minimum atomic E-state index is -0.792. The maximum atomic E-state index is 13.2. The Bertz CT molecular complexity index is 1560. The van der Waals surface area contributed by atoms with E-state index in [2.05, 4.69) is 68.8 Å². The number of nitrogens with one attached hydrogen (secondary N) is 1. The summed E-state index contributed by atoms with van der Waals surface area (Å²) in [6, 6.07) is 19.7. The van der Waals surface area contributed by atoms with Crippen molar-refractivity contribution in [1.82, 2.24) is 9.88 Å². The number of rotatable bonds is 8. The standard InChI is InChI=1S/C33H38ClN3O3/c1-19-21(3)37(18-23-8-14-28(34)30(16-23)40-22(4)31(35)38)29-15-11-25(17-27(19)29)32(39)36-20(2)24-9-12-26(13-10-24)33(5,6)7/h8-17,20,22H,18H2,1-7H3,(H2,35,38)(H,36,39)/t20-,22-/m0/s1. The largest absolute Gasteiger partial charge is 0.479 e. The molecule has 210 valence electrons. The van der Waals surface area contributed by atoms with Gasteiger partial charge in [0.25, 0.3) is 11.8 Å². The van der Waals surface area contributed by atoms with E-state index >= 15 is 0 Å². The number of aryl methyl sites for hydroxylation is 1. The molecule has 1 aromatic heterocycles. The first-order chi connectivity index (χ1) is 18.8. The number of ether oxygens (including phenoxy) is 1. The number of carbonyl (C=O) groups is 2. The summed E-state index contributed by atoms with van der Waals surface area (Å²) in [7, 11) is 0. The van der Waals surface area contributed by atoms with Gasteiger partial charge in [0, 0.05) is 28.7 Å². The molecule has 2 atom stereocenters. The third kappa shape index (κ3) is 6.18. The van der Waals surface area contributed by atoms with Gasteiger partial charge in [-0.05, 0) is 85.7 Å². The molecule has 40 heavy (non-hydrogen) atoms. The van der Waals surface area contributed by atoms with Crippen LogP contribution in [0.5, 0.6) is 5.75 Å². The van der Waals surface area contributed by atoms with Crippen LogP contribution in [0, 0.1) is 13.8 Å². The van der Waals surface area contributed by atoms with E-state index in [1.54, 1.807) is 13.0 Å². The fraction of sp³-hybridized carbons (Fsp3) is 0.333. The maximum absolute atomic E-state index is 13.2. The Morgan fingerprint density at radius 1 is 1.00 bits per heavy atom. The SMILES string of the molecule is Cc1c(C)n(Cc2ccc(Cl)c(O[C@@H](C)C(N)=O)c2)c2ccc(C(=O)N[C@@H](C)c3ccc(C(C)(C)C)cc3)cc12. The third-order valence-corrected chi connectivity index (χ3v) is 7.88. The van der Waals surface area contributed by atoms with Crippen LogP contribution in [0.15, 0.2) is 60.7 Å². The van der Waals surface area contributed by atoms with Gasteiger partial charge in [0.1, 0.15) is 5.75 Å². The van der Waals surface area contributed by atoms with E-state index in [-0.39, 0.29) is 17.4 Å². The number of nitrogens with zero attached hydrogens (tertiary/aromatic N) is 1. The van der Waals surface area contributed by atoms with Crippen molar-refractivity contribution in [3.05, 3.63) is 99.2 Å². The van der Waals surface area contributed by atoms with Crippen molar-refractivity contribution in [3.8, 4) is 5.75 Å². The van der Waals surface area contributed by atoms with Crippen LogP contribution >= 0.6 is 11.6 Å². The number of carbonyl (C=O) groups excluding carboxylic acids is 2. The number of fused-ring (bicyclic) bond motifs is 1. The van der Waals surface area contributed by atoms with Crippen LogP contribution in [0.4, 0.5) is 0 Å². The average Bonchev–Trinajstić information content (AvgIpc) is 3.14. The van der Waals surface area contributed by atoms with Gasteiger partial charge >= 0.3 is 0 Å². The molecule has 0 unspecified atom stereocenters. The maximum Gasteiger partial charge on any atom is 0.258 e. The topological polar surface area (TPSA) is 86.3 Å². The molecule has 0 aliphatic rings. The van der Waals surface area contributed by atoms with Crippen LogP contribution in [0.1, 0.15) is 79.0 Å². The predicted molar refractivity (Wildman–Crippen MR) is 162 cm³/mol. The highest BCUT2D eigenvalue weighted by molar-refractivity contribution is 6.32. The summed E-state index contributed by atoms with van der Waals surface area (Å²) >= 11 is 6.30. The van der Waals surface area contributed by atoms with Crippen LogP contribution in [-0.4, -0.2) is 22.5 Å². The van der Waals surface area contributed by atoms with Gasteiger partial charge in [-0.3, -0.25) is 9.59 Å². The predicted octanol–water partition coefficient (Wildman–Crippen LogP) is 7.00. The zero-order valence-electron chi connectivity index (χ0n) is 24.3. The summed E-state index contributed by atoms with van der Waals surface area (Å²) in [5.74, 6) is -0.253. The quantitative estimate of drug-likeness (QED) is 0.244. The highest BCUT2D eigenvalue weighted by Gasteiger charge is 2.19. The van der Waals surface area contributed by atoms with E-state index in [4.69, 9.17) is 22.1 Å². The van der Waals surface area contributed by atoms with Crippen molar-refractivity contribution in [1.29, 1.82) is 0 Å². The highest BCUT2D eigenvalue weighted by atomic mass is 35.5. The normalized spacial score (nSPS) is 13.2. The number of halogens is 1. The molecule has 0 aliphatic heterocycles. The van der Waals surface area contributed by atoms with Crippen molar-refractivity contribution in [3.63, 3.8) is 0 Å². The minimum Gasteiger partial charge on any atom is -0.479 e.